The molecule has 1 heterocycles. The monoisotopic (exact) mass is 265 g/mol. The Morgan fingerprint density at radius 3 is 2.63 bits per heavy atom. The van der Waals surface area contributed by atoms with E-state index in [0.29, 0.717) is 18.1 Å². The molecule has 5 nitrogen and oxygen atoms in total. The fourth-order valence-electron chi connectivity index (χ4n) is 1.65. The number of hydrogen-bond acceptors (Lipinski definition) is 4. The van der Waals surface area contributed by atoms with Gasteiger partial charge in [0.1, 0.15) is 5.82 Å². The normalized spacial score (nSPS) is 12.3. The van der Waals surface area contributed by atoms with E-state index in [-0.39, 0.29) is 11.9 Å². The van der Waals surface area contributed by atoms with E-state index in [1.54, 1.807) is 25.4 Å². The molecule has 2 N–H and O–H groups in total. The van der Waals surface area contributed by atoms with Crippen LogP contribution in [-0.4, -0.2) is 37.2 Å². The maximum absolute atomic E-state index is 12.1. The maximum Gasteiger partial charge on any atom is 0.253 e. The molecule has 1 amide bonds. The highest BCUT2D eigenvalue weighted by Crippen LogP contribution is 2.07. The minimum atomic E-state index is -0.119. The van der Waals surface area contributed by atoms with Gasteiger partial charge in [-0.3, -0.25) is 4.79 Å². The lowest BCUT2D eigenvalue weighted by Gasteiger charge is -2.21. The second-order valence-corrected chi connectivity index (χ2v) is 4.74. The molecule has 1 aromatic rings. The second kappa shape index (κ2) is 7.74. The number of hydrogen-bond donors (Lipinski definition) is 2. The molecule has 19 heavy (non-hydrogen) atoms. The average Bonchev–Trinajstić information content (AvgIpc) is 2.39. The Hall–Kier alpha value is -1.62. The van der Waals surface area contributed by atoms with E-state index in [9.17, 15) is 4.79 Å². The Balaban J connectivity index is 2.66. The van der Waals surface area contributed by atoms with Gasteiger partial charge < -0.3 is 15.4 Å². The van der Waals surface area contributed by atoms with Crippen molar-refractivity contribution in [1.29, 1.82) is 0 Å². The minimum absolute atomic E-state index is 0.00550. The number of ether oxygens (including phenoxy) is 1. The van der Waals surface area contributed by atoms with Crippen molar-refractivity contribution in [2.75, 3.05) is 25.6 Å². The van der Waals surface area contributed by atoms with Gasteiger partial charge in [0.25, 0.3) is 5.91 Å². The van der Waals surface area contributed by atoms with E-state index < -0.39 is 0 Å². The van der Waals surface area contributed by atoms with Crippen molar-refractivity contribution in [3.05, 3.63) is 23.9 Å². The lowest BCUT2D eigenvalue weighted by Crippen LogP contribution is -2.41. The van der Waals surface area contributed by atoms with Gasteiger partial charge in [-0.05, 0) is 25.0 Å². The molecule has 0 aliphatic heterocycles. The van der Waals surface area contributed by atoms with Crippen LogP contribution in [0, 0.1) is 5.92 Å². The lowest BCUT2D eigenvalue weighted by atomic mass is 10.0. The maximum atomic E-state index is 12.1. The molecular formula is C14H23N3O2. The summed E-state index contributed by atoms with van der Waals surface area (Å²) in [6, 6.07) is 3.58. The first kappa shape index (κ1) is 15.4. The van der Waals surface area contributed by atoms with Crippen LogP contribution >= 0.6 is 0 Å². The number of rotatable bonds is 7. The second-order valence-electron chi connectivity index (χ2n) is 4.74. The SMILES string of the molecule is CCNc1ccc(C(=O)NC(COC)C(C)C)cn1. The molecular weight excluding hydrogens is 242 g/mol. The molecule has 0 saturated heterocycles. The molecule has 0 fully saturated rings. The van der Waals surface area contributed by atoms with Crippen molar-refractivity contribution >= 4 is 11.7 Å². The molecule has 5 heteroatoms. The Morgan fingerprint density at radius 1 is 1.42 bits per heavy atom. The third kappa shape index (κ3) is 4.87. The molecule has 0 saturated carbocycles. The predicted molar refractivity (Wildman–Crippen MR) is 76.4 cm³/mol. The molecule has 1 unspecified atom stereocenters. The number of methoxy groups -OCH3 is 1. The zero-order valence-corrected chi connectivity index (χ0v) is 12.1. The smallest absolute Gasteiger partial charge is 0.253 e. The summed E-state index contributed by atoms with van der Waals surface area (Å²) in [4.78, 5) is 16.3. The predicted octanol–water partition coefficient (Wildman–Crippen LogP) is 1.91. The van der Waals surface area contributed by atoms with E-state index in [0.717, 1.165) is 12.4 Å². The summed E-state index contributed by atoms with van der Waals surface area (Å²) < 4.78 is 5.11. The lowest BCUT2D eigenvalue weighted by molar-refractivity contribution is 0.0866. The van der Waals surface area contributed by atoms with Crippen molar-refractivity contribution < 1.29 is 9.53 Å². The van der Waals surface area contributed by atoms with Gasteiger partial charge in [-0.2, -0.15) is 0 Å². The minimum Gasteiger partial charge on any atom is -0.383 e. The molecule has 0 aromatic carbocycles. The largest absolute Gasteiger partial charge is 0.383 e. The van der Waals surface area contributed by atoms with E-state index in [1.807, 2.05) is 6.92 Å². The summed E-state index contributed by atoms with van der Waals surface area (Å²) in [5.74, 6) is 0.973. The number of anilines is 1. The topological polar surface area (TPSA) is 63.2 Å². The first-order chi connectivity index (χ1) is 9.08. The molecule has 0 radical (unpaired) electrons. The van der Waals surface area contributed by atoms with Gasteiger partial charge in [0.05, 0.1) is 18.2 Å². The van der Waals surface area contributed by atoms with Gasteiger partial charge in [-0.1, -0.05) is 13.8 Å². The van der Waals surface area contributed by atoms with Crippen LogP contribution in [-0.2, 0) is 4.74 Å². The standard InChI is InChI=1S/C14H23N3O2/c1-5-15-13-7-6-11(8-16-13)14(18)17-12(9-19-4)10(2)3/h6-8,10,12H,5,9H2,1-4H3,(H,15,16)(H,17,18). The molecule has 0 bridgehead atoms. The highest BCUT2D eigenvalue weighted by Gasteiger charge is 2.17. The van der Waals surface area contributed by atoms with Gasteiger partial charge in [-0.25, -0.2) is 4.98 Å². The van der Waals surface area contributed by atoms with Crippen LogP contribution in [0.2, 0.25) is 0 Å². The number of aromatic nitrogens is 1. The van der Waals surface area contributed by atoms with Gasteiger partial charge in [0.2, 0.25) is 0 Å². The molecule has 1 rings (SSSR count). The van der Waals surface area contributed by atoms with Crippen molar-refractivity contribution in [1.82, 2.24) is 10.3 Å². The summed E-state index contributed by atoms with van der Waals surface area (Å²) in [7, 11) is 1.63. The number of pyridine rings is 1. The molecule has 0 aliphatic rings. The zero-order chi connectivity index (χ0) is 14.3. The van der Waals surface area contributed by atoms with Crippen LogP contribution in [0.1, 0.15) is 31.1 Å². The van der Waals surface area contributed by atoms with Crippen LogP contribution in [0.3, 0.4) is 0 Å². The quantitative estimate of drug-likeness (QED) is 0.790. The number of carbonyl (C=O) groups is 1. The molecule has 1 aromatic heterocycles. The highest BCUT2D eigenvalue weighted by atomic mass is 16.5. The van der Waals surface area contributed by atoms with E-state index in [4.69, 9.17) is 4.74 Å². The van der Waals surface area contributed by atoms with E-state index in [2.05, 4.69) is 29.5 Å². The summed E-state index contributed by atoms with van der Waals surface area (Å²) in [6.07, 6.45) is 1.58. The van der Waals surface area contributed by atoms with E-state index >= 15 is 0 Å². The van der Waals surface area contributed by atoms with Crippen LogP contribution in [0.25, 0.3) is 0 Å². The number of nitrogens with zero attached hydrogens (tertiary/aromatic N) is 1. The third-order valence-corrected chi connectivity index (χ3v) is 2.85. The molecule has 106 valence electrons. The fourth-order valence-corrected chi connectivity index (χ4v) is 1.65. The summed E-state index contributed by atoms with van der Waals surface area (Å²) in [6.45, 7) is 7.42. The Kier molecular flexibility index (Phi) is 6.29. The van der Waals surface area contributed by atoms with Crippen LogP contribution in [0.4, 0.5) is 5.82 Å². The first-order valence-corrected chi connectivity index (χ1v) is 6.58. The zero-order valence-electron chi connectivity index (χ0n) is 12.1. The summed E-state index contributed by atoms with van der Waals surface area (Å²) in [5, 5.41) is 6.05. The van der Waals surface area contributed by atoms with Crippen molar-refractivity contribution in [2.45, 2.75) is 26.8 Å². The Labute approximate surface area is 114 Å². The number of amides is 1. The third-order valence-electron chi connectivity index (χ3n) is 2.85. The van der Waals surface area contributed by atoms with Gasteiger partial charge in [0, 0.05) is 19.9 Å². The molecule has 0 aliphatic carbocycles. The number of nitrogens with one attached hydrogen (secondary N) is 2. The van der Waals surface area contributed by atoms with Crippen molar-refractivity contribution in [3.8, 4) is 0 Å². The first-order valence-electron chi connectivity index (χ1n) is 6.58. The van der Waals surface area contributed by atoms with Gasteiger partial charge in [-0.15, -0.1) is 0 Å². The summed E-state index contributed by atoms with van der Waals surface area (Å²) in [5.41, 5.74) is 0.559. The molecule has 0 spiro atoms. The van der Waals surface area contributed by atoms with E-state index in [1.165, 1.54) is 0 Å². The average molecular weight is 265 g/mol. The van der Waals surface area contributed by atoms with Crippen LogP contribution in [0.5, 0.6) is 0 Å². The van der Waals surface area contributed by atoms with Gasteiger partial charge in [0.15, 0.2) is 0 Å². The van der Waals surface area contributed by atoms with Gasteiger partial charge >= 0.3 is 0 Å². The van der Waals surface area contributed by atoms with Crippen molar-refractivity contribution in [2.24, 2.45) is 5.92 Å². The van der Waals surface area contributed by atoms with Crippen LogP contribution < -0.4 is 10.6 Å². The van der Waals surface area contributed by atoms with Crippen molar-refractivity contribution in [3.63, 3.8) is 0 Å². The Bertz CT molecular complexity index is 390. The molecule has 1 atom stereocenters. The van der Waals surface area contributed by atoms with Crippen LogP contribution in [0.15, 0.2) is 18.3 Å². The Morgan fingerprint density at radius 2 is 2.16 bits per heavy atom. The highest BCUT2D eigenvalue weighted by molar-refractivity contribution is 5.94. The fraction of sp³-hybridized carbons (Fsp3) is 0.571. The number of carbonyl (C=O) groups excluding carboxylic acids is 1. The summed E-state index contributed by atoms with van der Waals surface area (Å²) >= 11 is 0.